The van der Waals surface area contributed by atoms with Crippen molar-refractivity contribution in [2.75, 3.05) is 18.4 Å². The third-order valence-corrected chi connectivity index (χ3v) is 5.77. The van der Waals surface area contributed by atoms with Gasteiger partial charge in [-0.2, -0.15) is 5.10 Å². The van der Waals surface area contributed by atoms with E-state index in [1.54, 1.807) is 9.58 Å². The molecule has 0 bridgehead atoms. The summed E-state index contributed by atoms with van der Waals surface area (Å²) in [6.45, 7) is 0.714. The van der Waals surface area contributed by atoms with Gasteiger partial charge in [0.25, 0.3) is 0 Å². The lowest BCUT2D eigenvalue weighted by atomic mass is 10.0. The summed E-state index contributed by atoms with van der Waals surface area (Å²) in [5, 5.41) is 17.1. The molecule has 1 atom stereocenters. The second kappa shape index (κ2) is 8.14. The highest BCUT2D eigenvalue weighted by Gasteiger charge is 2.32. The largest absolute Gasteiger partial charge is 0.480 e. The zero-order valence-corrected chi connectivity index (χ0v) is 15.9. The molecule has 1 aliphatic heterocycles. The number of anilines is 1. The van der Waals surface area contributed by atoms with Crippen LogP contribution in [0.15, 0.2) is 36.4 Å². The number of hydrogen-bond acceptors (Lipinski definition) is 4. The molecule has 7 nitrogen and oxygen atoms in total. The summed E-state index contributed by atoms with van der Waals surface area (Å²) in [4.78, 5) is 25.8. The summed E-state index contributed by atoms with van der Waals surface area (Å²) in [6, 6.07) is 11.2. The molecule has 1 aromatic carbocycles. The van der Waals surface area contributed by atoms with E-state index in [1.807, 2.05) is 36.4 Å². The molecular weight excluding hydrogens is 356 g/mol. The number of amides is 1. The molecule has 2 aliphatic rings. The first-order valence-corrected chi connectivity index (χ1v) is 10.0. The van der Waals surface area contributed by atoms with E-state index in [1.165, 1.54) is 12.8 Å². The predicted octanol–water partition coefficient (Wildman–Crippen LogP) is 3.02. The van der Waals surface area contributed by atoms with Crippen LogP contribution in [0, 0.1) is 0 Å². The highest BCUT2D eigenvalue weighted by molar-refractivity contribution is 5.92. The number of carboxylic acid groups (broad SMARTS) is 1. The van der Waals surface area contributed by atoms with E-state index in [9.17, 15) is 14.7 Å². The number of carbonyl (C=O) groups is 2. The summed E-state index contributed by atoms with van der Waals surface area (Å²) >= 11 is 0. The number of aliphatic carboxylic acids is 1. The van der Waals surface area contributed by atoms with E-state index >= 15 is 0 Å². The average Bonchev–Trinajstić information content (AvgIpc) is 3.43. The Hall–Kier alpha value is -2.67. The van der Waals surface area contributed by atoms with Crippen molar-refractivity contribution in [1.82, 2.24) is 14.7 Å². The van der Waals surface area contributed by atoms with Gasteiger partial charge in [0, 0.05) is 12.0 Å². The van der Waals surface area contributed by atoms with Crippen molar-refractivity contribution >= 4 is 17.7 Å². The Kier molecular flexibility index (Phi) is 5.43. The van der Waals surface area contributed by atoms with Gasteiger partial charge in [-0.25, -0.2) is 4.68 Å². The van der Waals surface area contributed by atoms with Crippen LogP contribution < -0.4 is 5.32 Å². The number of nitrogens with zero attached hydrogens (tertiary/aromatic N) is 3. The van der Waals surface area contributed by atoms with Crippen molar-refractivity contribution < 1.29 is 14.7 Å². The zero-order chi connectivity index (χ0) is 19.5. The monoisotopic (exact) mass is 382 g/mol. The van der Waals surface area contributed by atoms with Gasteiger partial charge in [0.15, 0.2) is 0 Å². The Balaban J connectivity index is 1.54. The first-order chi connectivity index (χ1) is 13.6. The van der Waals surface area contributed by atoms with Crippen LogP contribution in [0.2, 0.25) is 0 Å². The molecule has 0 spiro atoms. The number of nitrogens with one attached hydrogen (secondary N) is 1. The van der Waals surface area contributed by atoms with Crippen molar-refractivity contribution in [3.8, 4) is 5.69 Å². The number of likely N-dealkylation sites (tertiary alicyclic amines) is 1. The Morgan fingerprint density at radius 1 is 1.11 bits per heavy atom. The van der Waals surface area contributed by atoms with Crippen LogP contribution in [0.25, 0.3) is 5.69 Å². The molecule has 1 saturated carbocycles. The maximum atomic E-state index is 12.7. The average molecular weight is 382 g/mol. The van der Waals surface area contributed by atoms with Crippen LogP contribution in [0.4, 0.5) is 5.82 Å². The minimum atomic E-state index is -0.858. The predicted molar refractivity (Wildman–Crippen MR) is 106 cm³/mol. The number of benzene rings is 1. The number of carboxylic acids is 1. The minimum absolute atomic E-state index is 0.0791. The number of rotatable bonds is 6. The summed E-state index contributed by atoms with van der Waals surface area (Å²) in [5.41, 5.74) is 1.91. The van der Waals surface area contributed by atoms with Gasteiger partial charge in [0.05, 0.1) is 17.9 Å². The lowest BCUT2D eigenvalue weighted by Crippen LogP contribution is -2.41. The van der Waals surface area contributed by atoms with Crippen molar-refractivity contribution in [3.05, 3.63) is 42.1 Å². The zero-order valence-electron chi connectivity index (χ0n) is 15.9. The molecule has 28 heavy (non-hydrogen) atoms. The van der Waals surface area contributed by atoms with Crippen LogP contribution in [-0.4, -0.2) is 50.8 Å². The van der Waals surface area contributed by atoms with Crippen molar-refractivity contribution in [2.24, 2.45) is 0 Å². The SMILES string of the molecule is O=C(CN1CCCC1C(=O)O)Nc1cc(C2CCCC2)nn1-c1ccccc1. The highest BCUT2D eigenvalue weighted by Crippen LogP contribution is 2.35. The molecular formula is C21H26N4O3. The molecule has 148 valence electrons. The van der Waals surface area contributed by atoms with Crippen LogP contribution in [0.1, 0.15) is 50.1 Å². The maximum absolute atomic E-state index is 12.7. The van der Waals surface area contributed by atoms with Gasteiger partial charge in [-0.05, 0) is 44.4 Å². The summed E-state index contributed by atoms with van der Waals surface area (Å²) in [5.74, 6) is 0.0195. The molecule has 1 saturated heterocycles. The van der Waals surface area contributed by atoms with Crippen molar-refractivity contribution in [1.29, 1.82) is 0 Å². The number of hydrogen-bond donors (Lipinski definition) is 2. The third-order valence-electron chi connectivity index (χ3n) is 5.77. The van der Waals surface area contributed by atoms with Crippen LogP contribution in [-0.2, 0) is 9.59 Å². The second-order valence-corrected chi connectivity index (χ2v) is 7.70. The van der Waals surface area contributed by atoms with Gasteiger partial charge in [0.1, 0.15) is 11.9 Å². The smallest absolute Gasteiger partial charge is 0.320 e. The maximum Gasteiger partial charge on any atom is 0.320 e. The van der Waals surface area contributed by atoms with Crippen LogP contribution >= 0.6 is 0 Å². The number of para-hydroxylation sites is 1. The molecule has 4 rings (SSSR count). The van der Waals surface area contributed by atoms with E-state index in [2.05, 4.69) is 5.32 Å². The fraction of sp³-hybridized carbons (Fsp3) is 0.476. The van der Waals surface area contributed by atoms with Crippen LogP contribution in [0.5, 0.6) is 0 Å². The van der Waals surface area contributed by atoms with Gasteiger partial charge in [0.2, 0.25) is 5.91 Å². The Morgan fingerprint density at radius 2 is 1.86 bits per heavy atom. The van der Waals surface area contributed by atoms with E-state index in [-0.39, 0.29) is 12.5 Å². The molecule has 1 aromatic heterocycles. The van der Waals surface area contributed by atoms with E-state index in [4.69, 9.17) is 5.10 Å². The summed E-state index contributed by atoms with van der Waals surface area (Å²) < 4.78 is 1.78. The van der Waals surface area contributed by atoms with Crippen LogP contribution in [0.3, 0.4) is 0 Å². The minimum Gasteiger partial charge on any atom is -0.480 e. The van der Waals surface area contributed by atoms with Gasteiger partial charge in [-0.3, -0.25) is 14.5 Å². The molecule has 1 amide bonds. The molecule has 1 unspecified atom stereocenters. The molecule has 1 aliphatic carbocycles. The quantitative estimate of drug-likeness (QED) is 0.802. The molecule has 2 N–H and O–H groups in total. The summed E-state index contributed by atoms with van der Waals surface area (Å²) in [7, 11) is 0. The Bertz CT molecular complexity index is 843. The molecule has 0 radical (unpaired) electrons. The first-order valence-electron chi connectivity index (χ1n) is 10.0. The van der Waals surface area contributed by atoms with Crippen molar-refractivity contribution in [3.63, 3.8) is 0 Å². The molecule has 2 heterocycles. The molecule has 7 heteroatoms. The highest BCUT2D eigenvalue weighted by atomic mass is 16.4. The number of aromatic nitrogens is 2. The lowest BCUT2D eigenvalue weighted by Gasteiger charge is -2.20. The van der Waals surface area contributed by atoms with Gasteiger partial charge < -0.3 is 10.4 Å². The molecule has 2 fully saturated rings. The van der Waals surface area contributed by atoms with Crippen molar-refractivity contribution in [2.45, 2.75) is 50.5 Å². The van der Waals surface area contributed by atoms with E-state index in [0.717, 1.165) is 30.6 Å². The fourth-order valence-electron chi connectivity index (χ4n) is 4.34. The third kappa shape index (κ3) is 3.94. The Labute approximate surface area is 164 Å². The van der Waals surface area contributed by atoms with Gasteiger partial charge in [-0.15, -0.1) is 0 Å². The standard InChI is InChI=1S/C21H26N4O3/c26-20(14-24-12-6-11-18(24)21(27)28)22-19-13-17(15-7-4-5-8-15)23-25(19)16-9-2-1-3-10-16/h1-3,9-10,13,15,18H,4-8,11-12,14H2,(H,22,26)(H,27,28). The van der Waals surface area contributed by atoms with E-state index in [0.29, 0.717) is 24.7 Å². The fourth-order valence-corrected chi connectivity index (χ4v) is 4.34. The normalized spacial score (nSPS) is 20.5. The summed E-state index contributed by atoms with van der Waals surface area (Å²) in [6.07, 6.45) is 6.10. The Morgan fingerprint density at radius 3 is 2.57 bits per heavy atom. The number of carbonyl (C=O) groups excluding carboxylic acids is 1. The van der Waals surface area contributed by atoms with E-state index < -0.39 is 12.0 Å². The first kappa shape index (κ1) is 18.7. The molecule has 2 aromatic rings. The van der Waals surface area contributed by atoms with Gasteiger partial charge in [-0.1, -0.05) is 31.0 Å². The topological polar surface area (TPSA) is 87.5 Å². The lowest BCUT2D eigenvalue weighted by molar-refractivity contribution is -0.142. The van der Waals surface area contributed by atoms with Gasteiger partial charge >= 0.3 is 5.97 Å². The second-order valence-electron chi connectivity index (χ2n) is 7.70.